The highest BCUT2D eigenvalue weighted by Gasteiger charge is 2.14. The smallest absolute Gasteiger partial charge is 0.142 e. The Morgan fingerprint density at radius 3 is 3.11 bits per heavy atom. The van der Waals surface area contributed by atoms with Crippen LogP contribution < -0.4 is 0 Å². The van der Waals surface area contributed by atoms with Crippen molar-refractivity contribution in [2.45, 2.75) is 12.8 Å². The Balaban J connectivity index is 2.18. The van der Waals surface area contributed by atoms with Crippen LogP contribution in [0.25, 0.3) is 0 Å². The Morgan fingerprint density at radius 2 is 2.37 bits per heavy atom. The van der Waals surface area contributed by atoms with Gasteiger partial charge in [-0.25, -0.2) is 4.39 Å². The number of allylic oxidation sites excluding steroid dienone is 1. The Kier molecular flexibility index (Phi) is 4.59. The fraction of sp³-hybridized carbons (Fsp3) is 0.267. The molecule has 1 aromatic carbocycles. The highest BCUT2D eigenvalue weighted by molar-refractivity contribution is 6.30. The summed E-state index contributed by atoms with van der Waals surface area (Å²) in [6, 6.07) is 4.79. The lowest BCUT2D eigenvalue weighted by Crippen LogP contribution is -2.26. The van der Waals surface area contributed by atoms with Crippen molar-refractivity contribution in [3.8, 4) is 11.8 Å². The lowest BCUT2D eigenvalue weighted by Gasteiger charge is -2.23. The number of nitrogens with zero attached hydrogens (tertiary/aromatic N) is 2. The molecule has 1 heterocycles. The van der Waals surface area contributed by atoms with Gasteiger partial charge in [0.15, 0.2) is 0 Å². The predicted molar refractivity (Wildman–Crippen MR) is 76.7 cm³/mol. The summed E-state index contributed by atoms with van der Waals surface area (Å²) >= 11 is 5.68. The van der Waals surface area contributed by atoms with Gasteiger partial charge in [-0.2, -0.15) is 5.10 Å². The summed E-state index contributed by atoms with van der Waals surface area (Å²) in [6.07, 6.45) is 3.38. The Morgan fingerprint density at radius 1 is 1.53 bits per heavy atom. The highest BCUT2D eigenvalue weighted by atomic mass is 35.5. The normalized spacial score (nSPS) is 14.4. The quantitative estimate of drug-likeness (QED) is 0.755. The molecule has 0 aliphatic carbocycles. The number of hydrogen-bond donors (Lipinski definition) is 0. The number of hydrogen-bond acceptors (Lipinski definition) is 2. The first-order valence-corrected chi connectivity index (χ1v) is 6.45. The lowest BCUT2D eigenvalue weighted by molar-refractivity contribution is 0.307. The van der Waals surface area contributed by atoms with E-state index in [4.69, 9.17) is 11.6 Å². The molecule has 0 spiro atoms. The molecule has 0 saturated carbocycles. The molecule has 2 nitrogen and oxygen atoms in total. The second kappa shape index (κ2) is 6.40. The highest BCUT2D eigenvalue weighted by Crippen LogP contribution is 2.19. The summed E-state index contributed by atoms with van der Waals surface area (Å²) in [5.41, 5.74) is 1.66. The van der Waals surface area contributed by atoms with Crippen LogP contribution in [0.5, 0.6) is 0 Å². The molecule has 19 heavy (non-hydrogen) atoms. The molecule has 0 aromatic heterocycles. The van der Waals surface area contributed by atoms with Crippen LogP contribution in [-0.2, 0) is 0 Å². The third kappa shape index (κ3) is 3.59. The van der Waals surface area contributed by atoms with Crippen LogP contribution in [0.15, 0.2) is 36.0 Å². The summed E-state index contributed by atoms with van der Waals surface area (Å²) in [5.74, 6) is 5.33. The number of rotatable bonds is 2. The van der Waals surface area contributed by atoms with E-state index in [0.29, 0.717) is 6.54 Å². The van der Waals surface area contributed by atoms with Gasteiger partial charge in [0.2, 0.25) is 0 Å². The first kappa shape index (κ1) is 13.6. The monoisotopic (exact) mass is 276 g/mol. The summed E-state index contributed by atoms with van der Waals surface area (Å²) < 4.78 is 13.4. The fourth-order valence-electron chi connectivity index (χ4n) is 1.90. The summed E-state index contributed by atoms with van der Waals surface area (Å²) in [5, 5.41) is 6.52. The van der Waals surface area contributed by atoms with Gasteiger partial charge in [0.1, 0.15) is 5.82 Å². The number of halogens is 2. The minimum absolute atomic E-state index is 0.133. The molecule has 0 amide bonds. The van der Waals surface area contributed by atoms with Gasteiger partial charge >= 0.3 is 0 Å². The van der Waals surface area contributed by atoms with Gasteiger partial charge in [0.25, 0.3) is 0 Å². The molecule has 0 N–H and O–H groups in total. The van der Waals surface area contributed by atoms with Gasteiger partial charge in [-0.05, 0) is 31.1 Å². The molecule has 4 heteroatoms. The summed E-state index contributed by atoms with van der Waals surface area (Å²) in [4.78, 5) is 0. The van der Waals surface area contributed by atoms with Crippen molar-refractivity contribution in [2.24, 2.45) is 5.10 Å². The third-order valence-corrected chi connectivity index (χ3v) is 3.12. The number of hydrazone groups is 1. The second-order valence-corrected chi connectivity index (χ2v) is 4.60. The molecule has 0 atom stereocenters. The van der Waals surface area contributed by atoms with Gasteiger partial charge < -0.3 is 0 Å². The zero-order valence-corrected chi connectivity index (χ0v) is 11.3. The standard InChI is InChI=1S/C15H14ClFN2/c1-2-3-4-9-19-10-5-6-15(18-19)12-7-8-13(16)14(17)11-12/h2,7-8,11H,1,5-6,9-10H2. The van der Waals surface area contributed by atoms with Crippen molar-refractivity contribution >= 4 is 17.3 Å². The maximum absolute atomic E-state index is 13.4. The predicted octanol–water partition coefficient (Wildman–Crippen LogP) is 3.47. The molecule has 0 radical (unpaired) electrons. The maximum atomic E-state index is 13.4. The molecule has 0 saturated heterocycles. The minimum atomic E-state index is -0.412. The van der Waals surface area contributed by atoms with E-state index in [9.17, 15) is 4.39 Å². The Bertz CT molecular complexity index is 569. The van der Waals surface area contributed by atoms with Crippen LogP contribution in [0.2, 0.25) is 5.02 Å². The summed E-state index contributed by atoms with van der Waals surface area (Å²) in [6.45, 7) is 4.97. The van der Waals surface area contributed by atoms with Gasteiger partial charge in [0, 0.05) is 12.1 Å². The fourth-order valence-corrected chi connectivity index (χ4v) is 2.02. The van der Waals surface area contributed by atoms with E-state index in [2.05, 4.69) is 23.5 Å². The van der Waals surface area contributed by atoms with Crippen molar-refractivity contribution in [2.75, 3.05) is 13.1 Å². The van der Waals surface area contributed by atoms with Crippen molar-refractivity contribution in [1.82, 2.24) is 5.01 Å². The second-order valence-electron chi connectivity index (χ2n) is 4.19. The largest absolute Gasteiger partial charge is 0.285 e. The molecule has 1 aliphatic heterocycles. The van der Waals surface area contributed by atoms with Gasteiger partial charge in [0.05, 0.1) is 17.3 Å². The first-order valence-electron chi connectivity index (χ1n) is 6.08. The molecular weight excluding hydrogens is 263 g/mol. The molecular formula is C15H14ClFN2. The van der Waals surface area contributed by atoms with Crippen LogP contribution in [0.1, 0.15) is 18.4 Å². The third-order valence-electron chi connectivity index (χ3n) is 2.81. The average Bonchev–Trinajstić information content (AvgIpc) is 2.43. The zero-order valence-electron chi connectivity index (χ0n) is 10.5. The van der Waals surface area contributed by atoms with E-state index in [1.165, 1.54) is 6.07 Å². The lowest BCUT2D eigenvalue weighted by atomic mass is 10.0. The zero-order chi connectivity index (χ0) is 13.7. The van der Waals surface area contributed by atoms with E-state index in [1.807, 2.05) is 5.01 Å². The van der Waals surface area contributed by atoms with Crippen LogP contribution in [0.3, 0.4) is 0 Å². The topological polar surface area (TPSA) is 15.6 Å². The van der Waals surface area contributed by atoms with E-state index in [-0.39, 0.29) is 5.02 Å². The minimum Gasteiger partial charge on any atom is -0.285 e. The Labute approximate surface area is 117 Å². The molecule has 2 rings (SSSR count). The molecule has 1 aliphatic rings. The van der Waals surface area contributed by atoms with Gasteiger partial charge in [-0.1, -0.05) is 36.1 Å². The van der Waals surface area contributed by atoms with Crippen molar-refractivity contribution in [1.29, 1.82) is 0 Å². The van der Waals surface area contributed by atoms with Crippen LogP contribution >= 0.6 is 11.6 Å². The van der Waals surface area contributed by atoms with Crippen LogP contribution in [0, 0.1) is 17.7 Å². The van der Waals surface area contributed by atoms with E-state index < -0.39 is 5.82 Å². The van der Waals surface area contributed by atoms with Crippen LogP contribution in [0.4, 0.5) is 4.39 Å². The van der Waals surface area contributed by atoms with E-state index in [0.717, 1.165) is 30.7 Å². The first-order chi connectivity index (χ1) is 9.20. The van der Waals surface area contributed by atoms with Gasteiger partial charge in [-0.15, -0.1) is 0 Å². The molecule has 0 fully saturated rings. The van der Waals surface area contributed by atoms with Crippen molar-refractivity contribution in [3.05, 3.63) is 47.3 Å². The molecule has 0 unspecified atom stereocenters. The van der Waals surface area contributed by atoms with Gasteiger partial charge in [-0.3, -0.25) is 5.01 Å². The van der Waals surface area contributed by atoms with Crippen molar-refractivity contribution in [3.63, 3.8) is 0 Å². The molecule has 1 aromatic rings. The van der Waals surface area contributed by atoms with Crippen molar-refractivity contribution < 1.29 is 4.39 Å². The number of benzene rings is 1. The van der Waals surface area contributed by atoms with E-state index >= 15 is 0 Å². The maximum Gasteiger partial charge on any atom is 0.142 e. The SMILES string of the molecule is C=CC#CCN1CCCC(c2ccc(Cl)c(F)c2)=N1. The van der Waals surface area contributed by atoms with E-state index in [1.54, 1.807) is 18.2 Å². The average molecular weight is 277 g/mol. The summed E-state index contributed by atoms with van der Waals surface area (Å²) in [7, 11) is 0. The molecule has 0 bridgehead atoms. The Hall–Kier alpha value is -1.79. The van der Waals surface area contributed by atoms with Crippen LogP contribution in [-0.4, -0.2) is 23.8 Å². The molecule has 98 valence electrons.